The van der Waals surface area contributed by atoms with Crippen molar-refractivity contribution in [2.75, 3.05) is 13.9 Å². The number of hydrogen-bond donors (Lipinski definition) is 1. The number of rotatable bonds is 5. The van der Waals surface area contributed by atoms with Gasteiger partial charge < -0.3 is 14.2 Å². The largest absolute Gasteiger partial charge is 0.496 e. The molecule has 1 aliphatic heterocycles. The van der Waals surface area contributed by atoms with Gasteiger partial charge in [-0.15, -0.1) is 0 Å². The van der Waals surface area contributed by atoms with Crippen molar-refractivity contribution in [1.82, 2.24) is 4.72 Å². The molecule has 0 saturated carbocycles. The molecule has 0 aliphatic carbocycles. The monoisotopic (exact) mass is 335 g/mol. The van der Waals surface area contributed by atoms with E-state index < -0.39 is 10.0 Å². The Morgan fingerprint density at radius 2 is 1.91 bits per heavy atom. The summed E-state index contributed by atoms with van der Waals surface area (Å²) in [6, 6.07) is 10.1. The van der Waals surface area contributed by atoms with Gasteiger partial charge in [0.1, 0.15) is 5.75 Å². The second-order valence-electron chi connectivity index (χ2n) is 5.14. The van der Waals surface area contributed by atoms with Crippen LogP contribution in [0.4, 0.5) is 0 Å². The highest BCUT2D eigenvalue weighted by Gasteiger charge is 2.20. The summed E-state index contributed by atoms with van der Waals surface area (Å²) in [6.07, 6.45) is 0. The molecule has 3 rings (SSSR count). The first-order valence-electron chi connectivity index (χ1n) is 7.02. The molecule has 2 aromatic carbocycles. The average molecular weight is 335 g/mol. The zero-order valence-corrected chi connectivity index (χ0v) is 13.6. The van der Waals surface area contributed by atoms with Crippen LogP contribution in [0.5, 0.6) is 17.2 Å². The number of hydrogen-bond acceptors (Lipinski definition) is 5. The first-order chi connectivity index (χ1) is 11.0. The SMILES string of the molecule is COc1ccc(CNS(=O)(=O)c2ccc3c(c2)OCO3)cc1C. The van der Waals surface area contributed by atoms with E-state index >= 15 is 0 Å². The lowest BCUT2D eigenvalue weighted by atomic mass is 10.1. The van der Waals surface area contributed by atoms with E-state index in [0.717, 1.165) is 16.9 Å². The Hall–Kier alpha value is -2.25. The van der Waals surface area contributed by atoms with E-state index in [9.17, 15) is 8.42 Å². The Kier molecular flexibility index (Phi) is 4.14. The van der Waals surface area contributed by atoms with Crippen LogP contribution >= 0.6 is 0 Å². The minimum atomic E-state index is -3.63. The van der Waals surface area contributed by atoms with Gasteiger partial charge in [0.15, 0.2) is 11.5 Å². The van der Waals surface area contributed by atoms with Crippen molar-refractivity contribution in [3.05, 3.63) is 47.5 Å². The molecule has 122 valence electrons. The van der Waals surface area contributed by atoms with Crippen molar-refractivity contribution < 1.29 is 22.6 Å². The summed E-state index contributed by atoms with van der Waals surface area (Å²) in [7, 11) is -2.02. The van der Waals surface area contributed by atoms with E-state index in [2.05, 4.69) is 4.72 Å². The fraction of sp³-hybridized carbons (Fsp3) is 0.250. The minimum absolute atomic E-state index is 0.109. The van der Waals surface area contributed by atoms with Gasteiger partial charge in [0.2, 0.25) is 16.8 Å². The number of aryl methyl sites for hydroxylation is 1. The molecule has 1 heterocycles. The predicted molar refractivity (Wildman–Crippen MR) is 84.3 cm³/mol. The van der Waals surface area contributed by atoms with Crippen LogP contribution in [0, 0.1) is 6.92 Å². The van der Waals surface area contributed by atoms with E-state index in [0.29, 0.717) is 11.5 Å². The molecule has 2 aromatic rings. The van der Waals surface area contributed by atoms with E-state index in [-0.39, 0.29) is 18.2 Å². The van der Waals surface area contributed by atoms with Gasteiger partial charge in [-0.3, -0.25) is 0 Å². The maximum absolute atomic E-state index is 12.4. The minimum Gasteiger partial charge on any atom is -0.496 e. The summed E-state index contributed by atoms with van der Waals surface area (Å²) in [6.45, 7) is 2.22. The third kappa shape index (κ3) is 3.25. The van der Waals surface area contributed by atoms with Crippen molar-refractivity contribution in [3.63, 3.8) is 0 Å². The Bertz CT molecular complexity index is 832. The van der Waals surface area contributed by atoms with Crippen LogP contribution in [0.15, 0.2) is 41.3 Å². The number of methoxy groups -OCH3 is 1. The molecular formula is C16H17NO5S. The van der Waals surface area contributed by atoms with Gasteiger partial charge >= 0.3 is 0 Å². The first-order valence-corrected chi connectivity index (χ1v) is 8.51. The smallest absolute Gasteiger partial charge is 0.241 e. The molecule has 1 N–H and O–H groups in total. The molecule has 0 saturated heterocycles. The molecule has 0 fully saturated rings. The topological polar surface area (TPSA) is 73.9 Å². The number of sulfonamides is 1. The molecule has 0 radical (unpaired) electrons. The molecule has 1 aliphatic rings. The van der Waals surface area contributed by atoms with Crippen molar-refractivity contribution in [1.29, 1.82) is 0 Å². The highest BCUT2D eigenvalue weighted by atomic mass is 32.2. The van der Waals surface area contributed by atoms with Crippen LogP contribution < -0.4 is 18.9 Å². The van der Waals surface area contributed by atoms with Crippen LogP contribution in [0.25, 0.3) is 0 Å². The quantitative estimate of drug-likeness (QED) is 0.907. The van der Waals surface area contributed by atoms with Crippen LogP contribution in [0.1, 0.15) is 11.1 Å². The summed E-state index contributed by atoms with van der Waals surface area (Å²) in [5, 5.41) is 0. The molecule has 0 unspecified atom stereocenters. The maximum atomic E-state index is 12.4. The van der Waals surface area contributed by atoms with Crippen molar-refractivity contribution in [3.8, 4) is 17.2 Å². The highest BCUT2D eigenvalue weighted by Crippen LogP contribution is 2.33. The Morgan fingerprint density at radius 3 is 2.65 bits per heavy atom. The third-order valence-electron chi connectivity index (χ3n) is 3.58. The van der Waals surface area contributed by atoms with Gasteiger partial charge in [0.05, 0.1) is 12.0 Å². The van der Waals surface area contributed by atoms with Crippen LogP contribution in [0.3, 0.4) is 0 Å². The van der Waals surface area contributed by atoms with E-state index in [1.807, 2.05) is 25.1 Å². The molecule has 0 spiro atoms. The Balaban J connectivity index is 1.75. The molecule has 23 heavy (non-hydrogen) atoms. The number of fused-ring (bicyclic) bond motifs is 1. The summed E-state index contributed by atoms with van der Waals surface area (Å²) in [5.74, 6) is 1.76. The number of benzene rings is 2. The first kappa shape index (κ1) is 15.6. The normalized spacial score (nSPS) is 13.1. The summed E-state index contributed by atoms with van der Waals surface area (Å²) in [5.41, 5.74) is 1.81. The van der Waals surface area contributed by atoms with Crippen LogP contribution in [0.2, 0.25) is 0 Å². The fourth-order valence-corrected chi connectivity index (χ4v) is 3.39. The maximum Gasteiger partial charge on any atom is 0.241 e. The predicted octanol–water partition coefficient (Wildman–Crippen LogP) is 2.21. The van der Waals surface area contributed by atoms with Gasteiger partial charge in [0, 0.05) is 12.6 Å². The molecule has 0 atom stereocenters. The zero-order chi connectivity index (χ0) is 16.4. The molecule has 0 bridgehead atoms. The lowest BCUT2D eigenvalue weighted by molar-refractivity contribution is 0.174. The fourth-order valence-electron chi connectivity index (χ4n) is 2.36. The van der Waals surface area contributed by atoms with Gasteiger partial charge in [-0.1, -0.05) is 12.1 Å². The molecule has 0 aromatic heterocycles. The van der Waals surface area contributed by atoms with Crippen LogP contribution in [-0.4, -0.2) is 22.3 Å². The summed E-state index contributed by atoms with van der Waals surface area (Å²) >= 11 is 0. The van der Waals surface area contributed by atoms with E-state index in [4.69, 9.17) is 14.2 Å². The number of nitrogens with one attached hydrogen (secondary N) is 1. The molecule has 0 amide bonds. The van der Waals surface area contributed by atoms with Crippen molar-refractivity contribution >= 4 is 10.0 Å². The van der Waals surface area contributed by atoms with Crippen molar-refractivity contribution in [2.24, 2.45) is 0 Å². The zero-order valence-electron chi connectivity index (χ0n) is 12.8. The van der Waals surface area contributed by atoms with Crippen molar-refractivity contribution in [2.45, 2.75) is 18.4 Å². The van der Waals surface area contributed by atoms with Gasteiger partial charge in [-0.05, 0) is 36.2 Å². The van der Waals surface area contributed by atoms with Gasteiger partial charge in [-0.25, -0.2) is 13.1 Å². The standard InChI is InChI=1S/C16H17NO5S/c1-11-7-12(3-5-14(11)20-2)9-17-23(18,19)13-4-6-15-16(8-13)22-10-21-15/h3-8,17H,9-10H2,1-2H3. The molecule has 7 heteroatoms. The Morgan fingerprint density at radius 1 is 1.13 bits per heavy atom. The van der Waals surface area contributed by atoms with Gasteiger partial charge in [-0.2, -0.15) is 0 Å². The van der Waals surface area contributed by atoms with E-state index in [1.165, 1.54) is 12.1 Å². The number of ether oxygens (including phenoxy) is 3. The van der Waals surface area contributed by atoms with E-state index in [1.54, 1.807) is 13.2 Å². The lowest BCUT2D eigenvalue weighted by Gasteiger charge is -2.10. The highest BCUT2D eigenvalue weighted by molar-refractivity contribution is 7.89. The molecule has 6 nitrogen and oxygen atoms in total. The lowest BCUT2D eigenvalue weighted by Crippen LogP contribution is -2.23. The Labute approximate surface area is 135 Å². The summed E-state index contributed by atoms with van der Waals surface area (Å²) in [4.78, 5) is 0.145. The third-order valence-corrected chi connectivity index (χ3v) is 4.98. The second kappa shape index (κ2) is 6.10. The van der Waals surface area contributed by atoms with Gasteiger partial charge in [0.25, 0.3) is 0 Å². The summed E-state index contributed by atoms with van der Waals surface area (Å²) < 4.78 is 42.9. The molecular weight excluding hydrogens is 318 g/mol. The average Bonchev–Trinajstić information content (AvgIpc) is 3.00. The van der Waals surface area contributed by atoms with Crippen LogP contribution in [-0.2, 0) is 16.6 Å². The second-order valence-corrected chi connectivity index (χ2v) is 6.91.